The zero-order chi connectivity index (χ0) is 13.8. The third-order valence-electron chi connectivity index (χ3n) is 3.02. The van der Waals surface area contributed by atoms with Crippen LogP contribution >= 0.6 is 0 Å². The molecule has 0 spiro atoms. The van der Waals surface area contributed by atoms with Crippen LogP contribution in [-0.4, -0.2) is 61.6 Å². The molecule has 19 heavy (non-hydrogen) atoms. The maximum Gasteiger partial charge on any atom is 0.322 e. The Morgan fingerprint density at radius 3 is 2.21 bits per heavy atom. The highest BCUT2D eigenvalue weighted by atomic mass is 16.5. The average Bonchev–Trinajstić information content (AvgIpc) is 2.89. The number of ether oxygens (including phenoxy) is 3. The summed E-state index contributed by atoms with van der Waals surface area (Å²) in [6.07, 6.45) is -0.0518. The molecule has 0 radical (unpaired) electrons. The summed E-state index contributed by atoms with van der Waals surface area (Å²) in [6.45, 7) is 1.26. The van der Waals surface area contributed by atoms with Crippen LogP contribution in [0.25, 0.3) is 0 Å². The fourth-order valence-corrected chi connectivity index (χ4v) is 2.00. The van der Waals surface area contributed by atoms with Crippen LogP contribution in [0.3, 0.4) is 0 Å². The van der Waals surface area contributed by atoms with E-state index < -0.39 is 0 Å². The SMILES string of the molecule is COc1nc(NN)nc(N2CC(OC)C(OC)C2)n1. The van der Waals surface area contributed by atoms with E-state index in [1.54, 1.807) is 14.2 Å². The molecule has 2 heterocycles. The normalized spacial score (nSPS) is 22.6. The average molecular weight is 270 g/mol. The minimum atomic E-state index is -0.0259. The van der Waals surface area contributed by atoms with Gasteiger partial charge in [-0.25, -0.2) is 5.84 Å². The van der Waals surface area contributed by atoms with Gasteiger partial charge >= 0.3 is 6.01 Å². The first-order valence-corrected chi connectivity index (χ1v) is 5.79. The molecule has 2 rings (SSSR count). The molecule has 1 saturated heterocycles. The third-order valence-corrected chi connectivity index (χ3v) is 3.02. The largest absolute Gasteiger partial charge is 0.467 e. The number of aromatic nitrogens is 3. The summed E-state index contributed by atoms with van der Waals surface area (Å²) in [5.41, 5.74) is 2.38. The molecule has 1 fully saturated rings. The highest BCUT2D eigenvalue weighted by molar-refractivity contribution is 5.39. The number of nitrogens with one attached hydrogen (secondary N) is 1. The van der Waals surface area contributed by atoms with Crippen molar-refractivity contribution in [3.63, 3.8) is 0 Å². The summed E-state index contributed by atoms with van der Waals surface area (Å²) >= 11 is 0. The van der Waals surface area contributed by atoms with Crippen LogP contribution in [0.1, 0.15) is 0 Å². The minimum absolute atomic E-state index is 0.0259. The molecular formula is C10H18N6O3. The van der Waals surface area contributed by atoms with Crippen LogP contribution in [-0.2, 0) is 9.47 Å². The van der Waals surface area contributed by atoms with Gasteiger partial charge in [-0.05, 0) is 0 Å². The first kappa shape index (κ1) is 13.7. The summed E-state index contributed by atoms with van der Waals surface area (Å²) in [7, 11) is 4.79. The molecule has 1 aromatic heterocycles. The predicted octanol–water partition coefficient (Wildman–Crippen LogP) is -0.984. The van der Waals surface area contributed by atoms with E-state index in [2.05, 4.69) is 20.4 Å². The molecule has 1 aliphatic rings. The van der Waals surface area contributed by atoms with E-state index in [1.807, 2.05) is 4.90 Å². The van der Waals surface area contributed by atoms with Gasteiger partial charge in [-0.1, -0.05) is 0 Å². The second-order valence-corrected chi connectivity index (χ2v) is 4.04. The molecule has 0 aliphatic carbocycles. The Bertz CT molecular complexity index is 397. The molecule has 0 amide bonds. The quantitative estimate of drug-likeness (QED) is 0.515. The van der Waals surface area contributed by atoms with E-state index in [9.17, 15) is 0 Å². The number of hydrazine groups is 1. The van der Waals surface area contributed by atoms with Crippen LogP contribution < -0.4 is 20.9 Å². The molecule has 0 bridgehead atoms. The zero-order valence-electron chi connectivity index (χ0n) is 11.2. The van der Waals surface area contributed by atoms with Crippen molar-refractivity contribution < 1.29 is 14.2 Å². The lowest BCUT2D eigenvalue weighted by molar-refractivity contribution is -0.00461. The lowest BCUT2D eigenvalue weighted by Gasteiger charge is -2.16. The molecule has 2 atom stereocenters. The van der Waals surface area contributed by atoms with Gasteiger partial charge in [-0.2, -0.15) is 15.0 Å². The van der Waals surface area contributed by atoms with E-state index in [4.69, 9.17) is 20.1 Å². The second kappa shape index (κ2) is 5.95. The van der Waals surface area contributed by atoms with Crippen molar-refractivity contribution >= 4 is 11.9 Å². The monoisotopic (exact) mass is 270 g/mol. The number of nitrogens with two attached hydrogens (primary N) is 1. The van der Waals surface area contributed by atoms with E-state index in [0.29, 0.717) is 19.0 Å². The van der Waals surface area contributed by atoms with Crippen LogP contribution in [0.15, 0.2) is 0 Å². The molecule has 9 heteroatoms. The Balaban J connectivity index is 2.22. The van der Waals surface area contributed by atoms with Gasteiger partial charge in [0.05, 0.1) is 7.11 Å². The van der Waals surface area contributed by atoms with Crippen molar-refractivity contribution in [3.05, 3.63) is 0 Å². The summed E-state index contributed by atoms with van der Waals surface area (Å²) in [5, 5.41) is 0. The standard InChI is InChI=1S/C10H18N6O3/c1-17-6-4-16(5-7(6)18-2)9-12-8(15-11)13-10(14-9)19-3/h6-7H,4-5,11H2,1-3H3,(H,12,13,14,15). The lowest BCUT2D eigenvalue weighted by atomic mass is 10.3. The van der Waals surface area contributed by atoms with Crippen molar-refractivity contribution in [2.75, 3.05) is 44.7 Å². The topological polar surface area (TPSA) is 108 Å². The van der Waals surface area contributed by atoms with Crippen molar-refractivity contribution in [1.29, 1.82) is 0 Å². The number of methoxy groups -OCH3 is 3. The minimum Gasteiger partial charge on any atom is -0.467 e. The number of nitrogens with zero attached hydrogens (tertiary/aromatic N) is 4. The first-order chi connectivity index (χ1) is 9.21. The van der Waals surface area contributed by atoms with Crippen molar-refractivity contribution in [2.24, 2.45) is 5.84 Å². The Labute approximate surface area is 111 Å². The molecule has 9 nitrogen and oxygen atoms in total. The van der Waals surface area contributed by atoms with Gasteiger partial charge in [-0.3, -0.25) is 5.43 Å². The van der Waals surface area contributed by atoms with E-state index in [0.717, 1.165) is 0 Å². The highest BCUT2D eigenvalue weighted by Crippen LogP contribution is 2.22. The maximum atomic E-state index is 5.37. The van der Waals surface area contributed by atoms with Gasteiger partial charge in [0.25, 0.3) is 0 Å². The van der Waals surface area contributed by atoms with E-state index in [-0.39, 0.29) is 24.2 Å². The van der Waals surface area contributed by atoms with Gasteiger partial charge in [0, 0.05) is 27.3 Å². The molecule has 1 aliphatic heterocycles. The lowest BCUT2D eigenvalue weighted by Crippen LogP contribution is -2.27. The Morgan fingerprint density at radius 2 is 1.74 bits per heavy atom. The summed E-state index contributed by atoms with van der Waals surface area (Å²) in [6, 6.07) is 0.202. The molecule has 106 valence electrons. The van der Waals surface area contributed by atoms with Crippen LogP contribution in [0.4, 0.5) is 11.9 Å². The third kappa shape index (κ3) is 2.83. The molecule has 0 saturated carbocycles. The van der Waals surface area contributed by atoms with Gasteiger partial charge in [0.1, 0.15) is 12.2 Å². The smallest absolute Gasteiger partial charge is 0.322 e. The second-order valence-electron chi connectivity index (χ2n) is 4.04. The van der Waals surface area contributed by atoms with Crippen molar-refractivity contribution in [3.8, 4) is 6.01 Å². The van der Waals surface area contributed by atoms with Gasteiger partial charge in [0.2, 0.25) is 11.9 Å². The van der Waals surface area contributed by atoms with E-state index in [1.165, 1.54) is 7.11 Å². The van der Waals surface area contributed by atoms with Gasteiger partial charge < -0.3 is 19.1 Å². The maximum absolute atomic E-state index is 5.37. The number of nitrogen functional groups attached to an aromatic ring is 1. The summed E-state index contributed by atoms with van der Waals surface area (Å²) in [5.74, 6) is 6.04. The number of rotatable bonds is 5. The first-order valence-electron chi connectivity index (χ1n) is 5.79. The Kier molecular flexibility index (Phi) is 4.30. The summed E-state index contributed by atoms with van der Waals surface area (Å²) in [4.78, 5) is 14.3. The molecule has 0 aromatic carbocycles. The van der Waals surface area contributed by atoms with Crippen LogP contribution in [0.2, 0.25) is 0 Å². The fraction of sp³-hybridized carbons (Fsp3) is 0.700. The molecular weight excluding hydrogens is 252 g/mol. The zero-order valence-corrected chi connectivity index (χ0v) is 11.2. The van der Waals surface area contributed by atoms with Gasteiger partial charge in [-0.15, -0.1) is 0 Å². The predicted molar refractivity (Wildman–Crippen MR) is 68.0 cm³/mol. The number of hydrogen-bond acceptors (Lipinski definition) is 9. The van der Waals surface area contributed by atoms with Gasteiger partial charge in [0.15, 0.2) is 0 Å². The van der Waals surface area contributed by atoms with Crippen LogP contribution in [0, 0.1) is 0 Å². The Hall–Kier alpha value is -1.71. The molecule has 3 N–H and O–H groups in total. The fourth-order valence-electron chi connectivity index (χ4n) is 2.00. The number of hydrogen-bond donors (Lipinski definition) is 2. The summed E-state index contributed by atoms with van der Waals surface area (Å²) < 4.78 is 15.8. The molecule has 2 unspecified atom stereocenters. The highest BCUT2D eigenvalue weighted by Gasteiger charge is 2.34. The van der Waals surface area contributed by atoms with Crippen molar-refractivity contribution in [1.82, 2.24) is 15.0 Å². The number of anilines is 2. The Morgan fingerprint density at radius 1 is 1.11 bits per heavy atom. The van der Waals surface area contributed by atoms with Crippen molar-refractivity contribution in [2.45, 2.75) is 12.2 Å². The van der Waals surface area contributed by atoms with Crippen LogP contribution in [0.5, 0.6) is 6.01 Å². The van der Waals surface area contributed by atoms with E-state index >= 15 is 0 Å². The molecule has 1 aromatic rings.